The molecule has 1 aromatic rings. The van der Waals surface area contributed by atoms with E-state index in [0.717, 1.165) is 11.4 Å². The summed E-state index contributed by atoms with van der Waals surface area (Å²) in [5.74, 6) is 0. The molecule has 14 heavy (non-hydrogen) atoms. The van der Waals surface area contributed by atoms with Crippen LogP contribution in [0.1, 0.15) is 31.7 Å². The van der Waals surface area contributed by atoms with Gasteiger partial charge >= 0.3 is 0 Å². The number of rotatable bonds is 5. The standard InChI is InChI=1S/C13H17Cl/c1-2-3-4-5-6-7-12-8-10-13(14)11-9-12/h5-6,8-11H,2-4,7H2,1H3/b6-5+. The maximum absolute atomic E-state index is 5.80. The zero-order chi connectivity index (χ0) is 10.2. The molecular formula is C13H17Cl. The van der Waals surface area contributed by atoms with Crippen molar-refractivity contribution in [3.8, 4) is 0 Å². The van der Waals surface area contributed by atoms with Gasteiger partial charge in [-0.25, -0.2) is 0 Å². The van der Waals surface area contributed by atoms with Gasteiger partial charge in [0.25, 0.3) is 0 Å². The first-order valence-electron chi connectivity index (χ1n) is 5.22. The molecule has 1 heteroatoms. The lowest BCUT2D eigenvalue weighted by Crippen LogP contribution is -1.79. The summed E-state index contributed by atoms with van der Waals surface area (Å²) < 4.78 is 0. The topological polar surface area (TPSA) is 0 Å². The smallest absolute Gasteiger partial charge is 0.0406 e. The average Bonchev–Trinajstić information content (AvgIpc) is 2.21. The van der Waals surface area contributed by atoms with E-state index in [9.17, 15) is 0 Å². The Morgan fingerprint density at radius 3 is 2.50 bits per heavy atom. The summed E-state index contributed by atoms with van der Waals surface area (Å²) in [6.45, 7) is 2.22. The second kappa shape index (κ2) is 6.67. The third-order valence-corrected chi connectivity index (χ3v) is 2.41. The van der Waals surface area contributed by atoms with Crippen LogP contribution in [0.25, 0.3) is 0 Å². The highest BCUT2D eigenvalue weighted by atomic mass is 35.5. The third-order valence-electron chi connectivity index (χ3n) is 2.16. The van der Waals surface area contributed by atoms with Crippen LogP contribution in [0, 0.1) is 0 Å². The Balaban J connectivity index is 2.30. The summed E-state index contributed by atoms with van der Waals surface area (Å²) in [4.78, 5) is 0. The van der Waals surface area contributed by atoms with Crippen LogP contribution in [0.5, 0.6) is 0 Å². The van der Waals surface area contributed by atoms with E-state index in [1.165, 1.54) is 24.8 Å². The molecule has 0 aromatic heterocycles. The molecule has 0 nitrogen and oxygen atoms in total. The lowest BCUT2D eigenvalue weighted by atomic mass is 10.1. The van der Waals surface area contributed by atoms with E-state index in [1.807, 2.05) is 12.1 Å². The minimum absolute atomic E-state index is 0.809. The van der Waals surface area contributed by atoms with Gasteiger partial charge in [0.2, 0.25) is 0 Å². The van der Waals surface area contributed by atoms with Crippen molar-refractivity contribution < 1.29 is 0 Å². The summed E-state index contributed by atoms with van der Waals surface area (Å²) in [5, 5.41) is 0.809. The number of halogens is 1. The Morgan fingerprint density at radius 2 is 1.86 bits per heavy atom. The minimum atomic E-state index is 0.809. The van der Waals surface area contributed by atoms with Crippen LogP contribution in [0.15, 0.2) is 36.4 Å². The van der Waals surface area contributed by atoms with Crippen LogP contribution in [-0.4, -0.2) is 0 Å². The van der Waals surface area contributed by atoms with Gasteiger partial charge in [-0.3, -0.25) is 0 Å². The lowest BCUT2D eigenvalue weighted by molar-refractivity contribution is 0.813. The molecule has 0 N–H and O–H groups in total. The van der Waals surface area contributed by atoms with Gasteiger partial charge in [0.15, 0.2) is 0 Å². The van der Waals surface area contributed by atoms with E-state index in [0.29, 0.717) is 0 Å². The highest BCUT2D eigenvalue weighted by Crippen LogP contribution is 2.10. The third kappa shape index (κ3) is 4.48. The molecule has 0 saturated carbocycles. The average molecular weight is 209 g/mol. The second-order valence-corrected chi connectivity index (χ2v) is 3.88. The van der Waals surface area contributed by atoms with Crippen molar-refractivity contribution in [2.75, 3.05) is 0 Å². The van der Waals surface area contributed by atoms with Crippen LogP contribution in [0.2, 0.25) is 5.02 Å². The first-order chi connectivity index (χ1) is 6.83. The molecule has 0 heterocycles. The van der Waals surface area contributed by atoms with Crippen molar-refractivity contribution in [1.29, 1.82) is 0 Å². The molecule has 0 aliphatic rings. The number of allylic oxidation sites excluding steroid dienone is 2. The maximum Gasteiger partial charge on any atom is 0.0406 e. The van der Waals surface area contributed by atoms with Crippen molar-refractivity contribution in [3.05, 3.63) is 47.0 Å². The van der Waals surface area contributed by atoms with E-state index in [1.54, 1.807) is 0 Å². The molecule has 0 aliphatic heterocycles. The predicted octanol–water partition coefficient (Wildman–Crippen LogP) is 4.63. The second-order valence-electron chi connectivity index (χ2n) is 3.44. The number of unbranched alkanes of at least 4 members (excludes halogenated alkanes) is 2. The Labute approximate surface area is 91.6 Å². The van der Waals surface area contributed by atoms with Crippen LogP contribution in [-0.2, 0) is 6.42 Å². The number of hydrogen-bond acceptors (Lipinski definition) is 0. The molecule has 0 saturated heterocycles. The molecule has 0 atom stereocenters. The molecule has 0 bridgehead atoms. The molecule has 0 aliphatic carbocycles. The van der Waals surface area contributed by atoms with Gasteiger partial charge < -0.3 is 0 Å². The predicted molar refractivity (Wildman–Crippen MR) is 63.8 cm³/mol. The molecule has 0 radical (unpaired) electrons. The van der Waals surface area contributed by atoms with Gasteiger partial charge in [0.05, 0.1) is 0 Å². The zero-order valence-electron chi connectivity index (χ0n) is 8.67. The molecule has 0 spiro atoms. The lowest BCUT2D eigenvalue weighted by Gasteiger charge is -1.96. The Hall–Kier alpha value is -0.750. The zero-order valence-corrected chi connectivity index (χ0v) is 9.43. The Bertz CT molecular complexity index is 272. The van der Waals surface area contributed by atoms with Crippen molar-refractivity contribution in [2.24, 2.45) is 0 Å². The molecule has 0 unspecified atom stereocenters. The Kier molecular flexibility index (Phi) is 5.39. The first-order valence-corrected chi connectivity index (χ1v) is 5.60. The van der Waals surface area contributed by atoms with Crippen molar-refractivity contribution in [3.63, 3.8) is 0 Å². The molecule has 0 fully saturated rings. The van der Waals surface area contributed by atoms with Crippen LogP contribution in [0.4, 0.5) is 0 Å². The van der Waals surface area contributed by atoms with Crippen LogP contribution >= 0.6 is 11.6 Å². The largest absolute Gasteiger partial charge is 0.0882 e. The van der Waals surface area contributed by atoms with Gasteiger partial charge in [-0.15, -0.1) is 0 Å². The van der Waals surface area contributed by atoms with E-state index in [2.05, 4.69) is 31.2 Å². The fourth-order valence-corrected chi connectivity index (χ4v) is 1.41. The fourth-order valence-electron chi connectivity index (χ4n) is 1.28. The normalized spacial score (nSPS) is 11.0. The summed E-state index contributed by atoms with van der Waals surface area (Å²) in [5.41, 5.74) is 1.32. The van der Waals surface area contributed by atoms with Crippen molar-refractivity contribution in [2.45, 2.75) is 32.6 Å². The summed E-state index contributed by atoms with van der Waals surface area (Å²) in [7, 11) is 0. The molecule has 1 rings (SSSR count). The molecule has 76 valence electrons. The minimum Gasteiger partial charge on any atom is -0.0882 e. The van der Waals surface area contributed by atoms with Crippen LogP contribution in [0.3, 0.4) is 0 Å². The fraction of sp³-hybridized carbons (Fsp3) is 0.385. The maximum atomic E-state index is 5.80. The van der Waals surface area contributed by atoms with Gasteiger partial charge in [-0.2, -0.15) is 0 Å². The summed E-state index contributed by atoms with van der Waals surface area (Å²) in [6, 6.07) is 8.03. The highest BCUT2D eigenvalue weighted by molar-refractivity contribution is 6.30. The van der Waals surface area contributed by atoms with E-state index in [4.69, 9.17) is 11.6 Å². The van der Waals surface area contributed by atoms with Gasteiger partial charge in [-0.1, -0.05) is 55.7 Å². The van der Waals surface area contributed by atoms with Crippen molar-refractivity contribution >= 4 is 11.6 Å². The van der Waals surface area contributed by atoms with E-state index < -0.39 is 0 Å². The van der Waals surface area contributed by atoms with Gasteiger partial charge in [0.1, 0.15) is 0 Å². The number of hydrogen-bond donors (Lipinski definition) is 0. The molecule has 0 amide bonds. The molecule has 1 aromatic carbocycles. The summed E-state index contributed by atoms with van der Waals surface area (Å²) in [6.07, 6.45) is 9.27. The van der Waals surface area contributed by atoms with Crippen LogP contribution < -0.4 is 0 Å². The molecular weight excluding hydrogens is 192 g/mol. The highest BCUT2D eigenvalue weighted by Gasteiger charge is 1.89. The quantitative estimate of drug-likeness (QED) is 0.489. The summed E-state index contributed by atoms with van der Waals surface area (Å²) >= 11 is 5.80. The van der Waals surface area contributed by atoms with E-state index >= 15 is 0 Å². The van der Waals surface area contributed by atoms with E-state index in [-0.39, 0.29) is 0 Å². The van der Waals surface area contributed by atoms with Gasteiger partial charge in [-0.05, 0) is 30.5 Å². The SMILES string of the molecule is CCCC/C=C/Cc1ccc(Cl)cc1. The first kappa shape index (κ1) is 11.3. The van der Waals surface area contributed by atoms with Crippen molar-refractivity contribution in [1.82, 2.24) is 0 Å². The van der Waals surface area contributed by atoms with Gasteiger partial charge in [0, 0.05) is 5.02 Å². The monoisotopic (exact) mass is 208 g/mol. The number of benzene rings is 1. The Morgan fingerprint density at radius 1 is 1.14 bits per heavy atom.